The normalized spacial score (nSPS) is 18.8. The van der Waals surface area contributed by atoms with Crippen molar-refractivity contribution < 1.29 is 9.59 Å². The molecule has 4 rings (SSSR count). The van der Waals surface area contributed by atoms with Crippen LogP contribution < -0.4 is 16.2 Å². The van der Waals surface area contributed by atoms with Crippen molar-refractivity contribution in [2.24, 2.45) is 5.92 Å². The van der Waals surface area contributed by atoms with Gasteiger partial charge in [-0.25, -0.2) is 14.5 Å². The smallest absolute Gasteiger partial charge is 0.321 e. The van der Waals surface area contributed by atoms with E-state index in [0.717, 1.165) is 24.9 Å². The van der Waals surface area contributed by atoms with Gasteiger partial charge in [0.05, 0.1) is 11.9 Å². The number of carbonyl (C=O) groups excluding carboxylic acids is 2. The summed E-state index contributed by atoms with van der Waals surface area (Å²) in [5.74, 6) is -0.190. The van der Waals surface area contributed by atoms with E-state index in [1.807, 2.05) is 30.3 Å². The summed E-state index contributed by atoms with van der Waals surface area (Å²) in [6.45, 7) is 1.80. The fraction of sp³-hybridized carbons (Fsp3) is 0.381. The molecule has 0 radical (unpaired) electrons. The number of nitrogens with zero attached hydrogens (tertiary/aromatic N) is 4. The van der Waals surface area contributed by atoms with Crippen LogP contribution in [0.2, 0.25) is 0 Å². The van der Waals surface area contributed by atoms with Crippen LogP contribution in [0.4, 0.5) is 4.79 Å². The Morgan fingerprint density at radius 1 is 1.17 bits per heavy atom. The maximum absolute atomic E-state index is 12.7. The molecular formula is C21H24N6O3. The highest BCUT2D eigenvalue weighted by atomic mass is 16.2. The van der Waals surface area contributed by atoms with Gasteiger partial charge in [0.15, 0.2) is 5.65 Å². The molecule has 9 nitrogen and oxygen atoms in total. The lowest BCUT2D eigenvalue weighted by atomic mass is 9.86. The van der Waals surface area contributed by atoms with Crippen molar-refractivity contribution in [1.82, 2.24) is 30.0 Å². The summed E-state index contributed by atoms with van der Waals surface area (Å²) >= 11 is 0. The number of amides is 3. The Hall–Kier alpha value is -3.49. The molecule has 0 unspecified atom stereocenters. The van der Waals surface area contributed by atoms with Gasteiger partial charge in [0.1, 0.15) is 18.3 Å². The van der Waals surface area contributed by atoms with Crippen LogP contribution in [-0.4, -0.2) is 37.3 Å². The van der Waals surface area contributed by atoms with Crippen LogP contribution >= 0.6 is 0 Å². The minimum atomic E-state index is -0.574. The molecule has 1 aliphatic carbocycles. The maximum Gasteiger partial charge on any atom is 0.321 e. The van der Waals surface area contributed by atoms with E-state index in [0.29, 0.717) is 17.0 Å². The average Bonchev–Trinajstić information content (AvgIpc) is 3.17. The molecule has 3 amide bonds. The van der Waals surface area contributed by atoms with Gasteiger partial charge in [0.25, 0.3) is 5.56 Å². The van der Waals surface area contributed by atoms with Gasteiger partial charge in [-0.3, -0.25) is 19.5 Å². The fourth-order valence-electron chi connectivity index (χ4n) is 3.88. The molecule has 1 aliphatic rings. The van der Waals surface area contributed by atoms with E-state index in [-0.39, 0.29) is 12.6 Å². The molecule has 2 heterocycles. The predicted molar refractivity (Wildman–Crippen MR) is 111 cm³/mol. The lowest BCUT2D eigenvalue weighted by molar-refractivity contribution is -0.120. The lowest BCUT2D eigenvalue weighted by Crippen LogP contribution is -2.48. The molecule has 2 atom stereocenters. The molecule has 2 aromatic heterocycles. The van der Waals surface area contributed by atoms with Gasteiger partial charge >= 0.3 is 6.03 Å². The Bertz CT molecular complexity index is 1120. The Morgan fingerprint density at radius 2 is 1.93 bits per heavy atom. The van der Waals surface area contributed by atoms with Gasteiger partial charge < -0.3 is 5.32 Å². The van der Waals surface area contributed by atoms with E-state index in [1.165, 1.54) is 23.5 Å². The number of benzene rings is 1. The molecule has 1 fully saturated rings. The minimum absolute atomic E-state index is 0.0658. The number of aromatic nitrogens is 4. The van der Waals surface area contributed by atoms with Crippen LogP contribution in [0.25, 0.3) is 16.7 Å². The highest BCUT2D eigenvalue weighted by Crippen LogP contribution is 2.23. The van der Waals surface area contributed by atoms with Crippen LogP contribution in [0.5, 0.6) is 0 Å². The van der Waals surface area contributed by atoms with E-state index < -0.39 is 17.5 Å². The van der Waals surface area contributed by atoms with Gasteiger partial charge in [-0.1, -0.05) is 38.0 Å². The molecule has 3 aromatic rings. The maximum atomic E-state index is 12.7. The third-order valence-corrected chi connectivity index (χ3v) is 5.55. The molecule has 30 heavy (non-hydrogen) atoms. The number of imide groups is 1. The van der Waals surface area contributed by atoms with Crippen molar-refractivity contribution in [2.45, 2.75) is 45.2 Å². The van der Waals surface area contributed by atoms with Gasteiger partial charge in [-0.2, -0.15) is 5.10 Å². The number of urea groups is 1. The van der Waals surface area contributed by atoms with Crippen molar-refractivity contribution >= 4 is 23.0 Å². The predicted octanol–water partition coefficient (Wildman–Crippen LogP) is 1.99. The zero-order valence-corrected chi connectivity index (χ0v) is 16.7. The van der Waals surface area contributed by atoms with E-state index in [4.69, 9.17) is 0 Å². The summed E-state index contributed by atoms with van der Waals surface area (Å²) in [4.78, 5) is 41.5. The molecule has 9 heteroatoms. The van der Waals surface area contributed by atoms with Crippen molar-refractivity contribution in [2.75, 3.05) is 0 Å². The summed E-state index contributed by atoms with van der Waals surface area (Å²) in [5.41, 5.74) is 0.800. The molecule has 0 aliphatic heterocycles. The lowest BCUT2D eigenvalue weighted by Gasteiger charge is -2.29. The average molecular weight is 408 g/mol. The number of hydrogen-bond acceptors (Lipinski definition) is 5. The van der Waals surface area contributed by atoms with Crippen LogP contribution in [-0.2, 0) is 11.3 Å². The molecule has 2 N–H and O–H groups in total. The molecule has 0 spiro atoms. The van der Waals surface area contributed by atoms with Crippen molar-refractivity contribution in [1.29, 1.82) is 0 Å². The Labute approximate surface area is 173 Å². The monoisotopic (exact) mass is 408 g/mol. The number of hydrogen-bond donors (Lipinski definition) is 2. The molecule has 0 saturated heterocycles. The van der Waals surface area contributed by atoms with Crippen LogP contribution in [0, 0.1) is 5.92 Å². The SMILES string of the molecule is C[C@@H]1CCCC[C@H]1NC(=O)NC(=O)Cn1cnc2c(cnn2-c2ccccc2)c1=O. The van der Waals surface area contributed by atoms with Gasteiger partial charge in [0, 0.05) is 6.04 Å². The number of rotatable bonds is 4. The van der Waals surface area contributed by atoms with Crippen LogP contribution in [0.1, 0.15) is 32.6 Å². The summed E-state index contributed by atoms with van der Waals surface area (Å²) in [5, 5.41) is 9.71. The number of carbonyl (C=O) groups is 2. The van der Waals surface area contributed by atoms with Crippen molar-refractivity contribution in [3.8, 4) is 5.69 Å². The van der Waals surface area contributed by atoms with E-state index >= 15 is 0 Å². The summed E-state index contributed by atoms with van der Waals surface area (Å²) in [7, 11) is 0. The Balaban J connectivity index is 1.45. The van der Waals surface area contributed by atoms with Crippen molar-refractivity contribution in [3.63, 3.8) is 0 Å². The Kier molecular flexibility index (Phi) is 5.60. The van der Waals surface area contributed by atoms with E-state index in [9.17, 15) is 14.4 Å². The van der Waals surface area contributed by atoms with Crippen molar-refractivity contribution in [3.05, 3.63) is 53.2 Å². The summed E-state index contributed by atoms with van der Waals surface area (Å²) in [6, 6.07) is 8.88. The molecular weight excluding hydrogens is 384 g/mol. The first kappa shape index (κ1) is 19.8. The fourth-order valence-corrected chi connectivity index (χ4v) is 3.88. The number of fused-ring (bicyclic) bond motifs is 1. The highest BCUT2D eigenvalue weighted by Gasteiger charge is 2.23. The summed E-state index contributed by atoms with van der Waals surface area (Å²) < 4.78 is 2.74. The van der Waals surface area contributed by atoms with E-state index in [1.54, 1.807) is 4.68 Å². The topological polar surface area (TPSA) is 111 Å². The quantitative estimate of drug-likeness (QED) is 0.686. The van der Waals surface area contributed by atoms with Crippen LogP contribution in [0.15, 0.2) is 47.7 Å². The zero-order valence-electron chi connectivity index (χ0n) is 16.7. The first-order chi connectivity index (χ1) is 14.5. The second-order valence-corrected chi connectivity index (χ2v) is 7.70. The van der Waals surface area contributed by atoms with Crippen LogP contribution in [0.3, 0.4) is 0 Å². The first-order valence-corrected chi connectivity index (χ1v) is 10.1. The second-order valence-electron chi connectivity index (χ2n) is 7.70. The summed E-state index contributed by atoms with van der Waals surface area (Å²) in [6.07, 6.45) is 6.95. The largest absolute Gasteiger partial charge is 0.335 e. The molecule has 156 valence electrons. The number of para-hydroxylation sites is 1. The minimum Gasteiger partial charge on any atom is -0.335 e. The van der Waals surface area contributed by atoms with Gasteiger partial charge in [-0.05, 0) is 30.9 Å². The third-order valence-electron chi connectivity index (χ3n) is 5.55. The standard InChI is InChI=1S/C21H24N6O3/c1-14-7-5-6-10-17(14)24-21(30)25-18(28)12-26-13-22-19-16(20(26)29)11-23-27(19)15-8-3-2-4-9-15/h2-4,8-9,11,13-14,17H,5-7,10,12H2,1H3,(H2,24,25,28,30)/t14-,17-/m1/s1. The van der Waals surface area contributed by atoms with E-state index in [2.05, 4.69) is 27.6 Å². The highest BCUT2D eigenvalue weighted by molar-refractivity contribution is 5.94. The third kappa shape index (κ3) is 4.10. The molecule has 0 bridgehead atoms. The molecule has 1 saturated carbocycles. The Morgan fingerprint density at radius 3 is 2.70 bits per heavy atom. The zero-order chi connectivity index (χ0) is 21.1. The number of nitrogens with one attached hydrogen (secondary N) is 2. The first-order valence-electron chi connectivity index (χ1n) is 10.1. The van der Waals surface area contributed by atoms with Gasteiger partial charge in [-0.15, -0.1) is 0 Å². The second kappa shape index (κ2) is 8.48. The molecule has 1 aromatic carbocycles. The van der Waals surface area contributed by atoms with Gasteiger partial charge in [0.2, 0.25) is 5.91 Å².